The number of halogens is 1. The van der Waals surface area contributed by atoms with E-state index in [-0.39, 0.29) is 30.4 Å². The number of piperidine rings is 1. The molecule has 2 unspecified atom stereocenters. The highest BCUT2D eigenvalue weighted by Crippen LogP contribution is 2.34. The van der Waals surface area contributed by atoms with Crippen molar-refractivity contribution in [2.75, 3.05) is 39.8 Å². The molecule has 1 heterocycles. The van der Waals surface area contributed by atoms with Crippen LogP contribution in [0.25, 0.3) is 0 Å². The standard InChI is InChI=1S/C22H35FN4O4/c1-5-24-14-16(3)25-21(28)26-12-8-10-18(15-26)20(17-9-7-11-19(23)13-17)31-27(6-2)22(29)30-4/h7,9,11,13,16,18,20,24H,5-6,8,10,12,14-15H2,1-4H3,(H,25,28)/t16?,18?,20-/m0/s1. The molecular formula is C22H35FN4O4. The molecule has 3 amide bonds. The first kappa shape index (κ1) is 24.9. The highest BCUT2D eigenvalue weighted by molar-refractivity contribution is 5.74. The first-order chi connectivity index (χ1) is 14.9. The summed E-state index contributed by atoms with van der Waals surface area (Å²) >= 11 is 0. The van der Waals surface area contributed by atoms with Gasteiger partial charge in [-0.25, -0.2) is 14.0 Å². The van der Waals surface area contributed by atoms with Crippen LogP contribution in [0.3, 0.4) is 0 Å². The molecule has 0 spiro atoms. The molecule has 31 heavy (non-hydrogen) atoms. The summed E-state index contributed by atoms with van der Waals surface area (Å²) < 4.78 is 18.7. The van der Waals surface area contributed by atoms with E-state index in [1.165, 1.54) is 19.2 Å². The van der Waals surface area contributed by atoms with Gasteiger partial charge in [0.25, 0.3) is 0 Å². The molecule has 1 fully saturated rings. The fourth-order valence-electron chi connectivity index (χ4n) is 3.74. The number of hydroxylamine groups is 2. The minimum Gasteiger partial charge on any atom is -0.451 e. The number of amides is 3. The Kier molecular flexibility index (Phi) is 10.00. The molecule has 1 aliphatic rings. The summed E-state index contributed by atoms with van der Waals surface area (Å²) in [4.78, 5) is 32.6. The second-order valence-electron chi connectivity index (χ2n) is 7.75. The average Bonchev–Trinajstić information content (AvgIpc) is 2.78. The van der Waals surface area contributed by atoms with Crippen molar-refractivity contribution in [3.05, 3.63) is 35.6 Å². The molecule has 2 N–H and O–H groups in total. The number of carbonyl (C=O) groups excluding carboxylic acids is 2. The predicted octanol–water partition coefficient (Wildman–Crippen LogP) is 3.31. The van der Waals surface area contributed by atoms with Crippen molar-refractivity contribution < 1.29 is 23.6 Å². The highest BCUT2D eigenvalue weighted by atomic mass is 19.1. The van der Waals surface area contributed by atoms with Gasteiger partial charge >= 0.3 is 12.1 Å². The molecule has 0 radical (unpaired) electrons. The normalized spacial score (nSPS) is 18.2. The number of likely N-dealkylation sites (tertiary alicyclic amines) is 1. The first-order valence-corrected chi connectivity index (χ1v) is 10.9. The molecule has 0 saturated carbocycles. The van der Waals surface area contributed by atoms with Gasteiger partial charge in [-0.3, -0.25) is 4.84 Å². The van der Waals surface area contributed by atoms with Crippen LogP contribution in [0.1, 0.15) is 45.3 Å². The summed E-state index contributed by atoms with van der Waals surface area (Å²) in [7, 11) is 1.28. The van der Waals surface area contributed by atoms with Crippen LogP contribution in [-0.4, -0.2) is 68.0 Å². The van der Waals surface area contributed by atoms with E-state index in [1.807, 2.05) is 13.8 Å². The number of rotatable bonds is 9. The van der Waals surface area contributed by atoms with Crippen LogP contribution in [0.5, 0.6) is 0 Å². The Bertz CT molecular complexity index is 721. The minimum atomic E-state index is -0.619. The van der Waals surface area contributed by atoms with E-state index in [0.717, 1.165) is 24.4 Å². The monoisotopic (exact) mass is 438 g/mol. The fraction of sp³-hybridized carbons (Fsp3) is 0.636. The van der Waals surface area contributed by atoms with Gasteiger partial charge in [-0.15, -0.1) is 0 Å². The van der Waals surface area contributed by atoms with Crippen molar-refractivity contribution in [3.63, 3.8) is 0 Å². The largest absolute Gasteiger partial charge is 0.451 e. The van der Waals surface area contributed by atoms with Crippen LogP contribution in [0, 0.1) is 11.7 Å². The smallest absolute Gasteiger partial charge is 0.433 e. The molecule has 1 saturated heterocycles. The van der Waals surface area contributed by atoms with E-state index in [1.54, 1.807) is 24.0 Å². The SMILES string of the molecule is CCNCC(C)NC(=O)N1CCCC([C@@H](ON(CC)C(=O)OC)c2cccc(F)c2)C1. The number of urea groups is 1. The number of hydrogen-bond acceptors (Lipinski definition) is 5. The van der Waals surface area contributed by atoms with Crippen LogP contribution < -0.4 is 10.6 Å². The second kappa shape index (κ2) is 12.5. The zero-order valence-electron chi connectivity index (χ0n) is 18.9. The van der Waals surface area contributed by atoms with Gasteiger partial charge in [-0.1, -0.05) is 19.1 Å². The zero-order valence-corrected chi connectivity index (χ0v) is 18.9. The summed E-state index contributed by atoms with van der Waals surface area (Å²) in [6, 6.07) is 6.03. The molecule has 2 rings (SSSR count). The van der Waals surface area contributed by atoms with Gasteiger partial charge in [-0.05, 0) is 50.9 Å². The summed E-state index contributed by atoms with van der Waals surface area (Å²) in [5.41, 5.74) is 0.620. The van der Waals surface area contributed by atoms with Crippen molar-refractivity contribution in [2.45, 2.75) is 45.8 Å². The lowest BCUT2D eigenvalue weighted by molar-refractivity contribution is -0.193. The van der Waals surface area contributed by atoms with Gasteiger partial charge in [0.15, 0.2) is 0 Å². The summed E-state index contributed by atoms with van der Waals surface area (Å²) in [5.74, 6) is -0.487. The number of methoxy groups -OCH3 is 1. The van der Waals surface area contributed by atoms with Crippen LogP contribution in [-0.2, 0) is 9.57 Å². The topological polar surface area (TPSA) is 83.1 Å². The number of likely N-dealkylation sites (N-methyl/N-ethyl adjacent to an activating group) is 1. The van der Waals surface area contributed by atoms with Crippen LogP contribution >= 0.6 is 0 Å². The Balaban J connectivity index is 2.16. The zero-order chi connectivity index (χ0) is 22.8. The molecule has 1 aromatic rings. The Hall–Kier alpha value is -2.39. The maximum absolute atomic E-state index is 13.9. The van der Waals surface area contributed by atoms with Gasteiger partial charge in [0, 0.05) is 38.1 Å². The molecule has 3 atom stereocenters. The molecule has 1 aliphatic heterocycles. The molecule has 0 aromatic heterocycles. The van der Waals surface area contributed by atoms with Crippen LogP contribution in [0.15, 0.2) is 24.3 Å². The number of nitrogens with zero attached hydrogens (tertiary/aromatic N) is 2. The number of benzene rings is 1. The third-order valence-corrected chi connectivity index (χ3v) is 5.33. The molecular weight excluding hydrogens is 403 g/mol. The molecule has 174 valence electrons. The van der Waals surface area contributed by atoms with Crippen molar-refractivity contribution in [3.8, 4) is 0 Å². The van der Waals surface area contributed by atoms with Crippen molar-refractivity contribution >= 4 is 12.1 Å². The van der Waals surface area contributed by atoms with E-state index < -0.39 is 12.2 Å². The molecule has 1 aromatic carbocycles. The Labute approximate surface area is 184 Å². The Morgan fingerprint density at radius 1 is 1.35 bits per heavy atom. The lowest BCUT2D eigenvalue weighted by Gasteiger charge is -2.38. The highest BCUT2D eigenvalue weighted by Gasteiger charge is 2.34. The minimum absolute atomic E-state index is 0.00185. The van der Waals surface area contributed by atoms with E-state index >= 15 is 0 Å². The third kappa shape index (κ3) is 7.36. The van der Waals surface area contributed by atoms with Crippen molar-refractivity contribution in [1.29, 1.82) is 0 Å². The maximum Gasteiger partial charge on any atom is 0.433 e. The Morgan fingerprint density at radius 3 is 2.77 bits per heavy atom. The molecule has 0 aliphatic carbocycles. The third-order valence-electron chi connectivity index (χ3n) is 5.33. The number of nitrogens with one attached hydrogen (secondary N) is 2. The molecule has 0 bridgehead atoms. The predicted molar refractivity (Wildman–Crippen MR) is 116 cm³/mol. The lowest BCUT2D eigenvalue weighted by Crippen LogP contribution is -2.51. The number of ether oxygens (including phenoxy) is 1. The van der Waals surface area contributed by atoms with E-state index in [2.05, 4.69) is 10.6 Å². The maximum atomic E-state index is 13.9. The van der Waals surface area contributed by atoms with Crippen LogP contribution in [0.4, 0.5) is 14.0 Å². The van der Waals surface area contributed by atoms with Gasteiger partial charge in [0.05, 0.1) is 7.11 Å². The van der Waals surface area contributed by atoms with E-state index in [4.69, 9.17) is 9.57 Å². The average molecular weight is 439 g/mol. The van der Waals surface area contributed by atoms with Crippen molar-refractivity contribution in [1.82, 2.24) is 20.6 Å². The van der Waals surface area contributed by atoms with Gasteiger partial charge in [0.1, 0.15) is 11.9 Å². The fourth-order valence-corrected chi connectivity index (χ4v) is 3.74. The van der Waals surface area contributed by atoms with Gasteiger partial charge in [-0.2, -0.15) is 5.06 Å². The number of hydrogen-bond donors (Lipinski definition) is 2. The van der Waals surface area contributed by atoms with E-state index in [9.17, 15) is 14.0 Å². The van der Waals surface area contributed by atoms with Crippen LogP contribution in [0.2, 0.25) is 0 Å². The first-order valence-electron chi connectivity index (χ1n) is 10.9. The van der Waals surface area contributed by atoms with Gasteiger partial charge < -0.3 is 20.3 Å². The molecule has 9 heteroatoms. The lowest BCUT2D eigenvalue weighted by atomic mass is 9.88. The molecule has 8 nitrogen and oxygen atoms in total. The summed E-state index contributed by atoms with van der Waals surface area (Å²) in [5, 5.41) is 7.36. The second-order valence-corrected chi connectivity index (χ2v) is 7.75. The Morgan fingerprint density at radius 2 is 2.13 bits per heavy atom. The summed E-state index contributed by atoms with van der Waals surface area (Å²) in [6.45, 7) is 8.63. The number of carbonyl (C=O) groups is 2. The van der Waals surface area contributed by atoms with E-state index in [0.29, 0.717) is 25.2 Å². The quantitative estimate of drug-likeness (QED) is 0.578. The van der Waals surface area contributed by atoms with Gasteiger partial charge in [0.2, 0.25) is 0 Å². The van der Waals surface area contributed by atoms with Crippen molar-refractivity contribution in [2.24, 2.45) is 5.92 Å². The summed E-state index contributed by atoms with van der Waals surface area (Å²) in [6.07, 6.45) is 0.367.